The number of rotatable bonds is 2. The second-order valence-electron chi connectivity index (χ2n) is 3.97. The topological polar surface area (TPSA) is 95.2 Å². The van der Waals surface area contributed by atoms with Gasteiger partial charge in [-0.05, 0) is 51.2 Å². The van der Waals surface area contributed by atoms with E-state index in [1.54, 1.807) is 0 Å². The molecule has 8 heteroatoms. The molecule has 0 aliphatic carbocycles. The molecule has 0 amide bonds. The second kappa shape index (κ2) is 7.18. The normalized spacial score (nSPS) is 18.7. The highest BCUT2D eigenvalue weighted by Crippen LogP contribution is 2.41. The quantitative estimate of drug-likeness (QED) is 0.542. The molecule has 102 valence electrons. The van der Waals surface area contributed by atoms with Gasteiger partial charge in [0.05, 0.1) is 0 Å². The van der Waals surface area contributed by atoms with E-state index in [2.05, 4.69) is 32.3 Å². The van der Waals surface area contributed by atoms with Crippen molar-refractivity contribution >= 4 is 27.9 Å². The van der Waals surface area contributed by atoms with Crippen molar-refractivity contribution in [1.82, 2.24) is 0 Å². The molecule has 1 saturated heterocycles. The lowest BCUT2D eigenvalue weighted by atomic mass is 10.2. The average Bonchev–Trinajstić information content (AvgIpc) is 2.45. The summed E-state index contributed by atoms with van der Waals surface area (Å²) in [7, 11) is -4.94. The number of thioether (sulfide) groups is 2. The van der Waals surface area contributed by atoms with Crippen LogP contribution in [0.4, 0.5) is 0 Å². The average molecular weight is 304 g/mol. The Morgan fingerprint density at radius 3 is 1.82 bits per heavy atom. The van der Waals surface area contributed by atoms with Gasteiger partial charge in [-0.2, -0.15) is 0 Å². The molecule has 0 aromatic carbocycles. The molecule has 0 aromatic heterocycles. The Balaban J connectivity index is 0.000000437. The minimum Gasteiger partial charge on any atom is -0.222 e. The van der Waals surface area contributed by atoms with Gasteiger partial charge in [-0.15, -0.1) is 10.2 Å². The molecule has 1 fully saturated rings. The maximum absolute atomic E-state index is 8.49. The van der Waals surface area contributed by atoms with E-state index in [0.29, 0.717) is 4.75 Å². The van der Waals surface area contributed by atoms with Gasteiger partial charge in [-0.1, -0.05) is 0 Å². The molecule has 1 aliphatic heterocycles. The van der Waals surface area contributed by atoms with Crippen LogP contribution in [0.25, 0.3) is 0 Å². The standard InChI is InChI=1S/C9H18NS2.ClHO4/c1-5-10(6-2)8-11-7-9(3,4)12-8;2-1(3,4)5/h5-7H2,1-4H3;(H,2,3,4,5)/q+1;/p-1. The van der Waals surface area contributed by atoms with Crippen molar-refractivity contribution in [2.24, 2.45) is 0 Å². The fourth-order valence-corrected chi connectivity index (χ4v) is 4.44. The van der Waals surface area contributed by atoms with Crippen molar-refractivity contribution in [3.05, 3.63) is 0 Å². The first kappa shape index (κ1) is 17.5. The molecule has 0 spiro atoms. The van der Waals surface area contributed by atoms with Crippen LogP contribution in [-0.2, 0) is 0 Å². The Kier molecular flexibility index (Phi) is 7.39. The van der Waals surface area contributed by atoms with E-state index in [1.807, 2.05) is 23.5 Å². The highest BCUT2D eigenvalue weighted by atomic mass is 35.7. The van der Waals surface area contributed by atoms with E-state index in [1.165, 1.54) is 10.1 Å². The molecule has 0 radical (unpaired) electrons. The SMILES string of the molecule is CC[N+](CC)=C1SCC(C)(C)S1.[O-][Cl+3]([O-])([O-])[O-]. The third-order valence-electron chi connectivity index (χ3n) is 1.93. The number of halogens is 1. The summed E-state index contributed by atoms with van der Waals surface area (Å²) < 4.78 is 38.4. The Hall–Kier alpha value is 0.500. The molecular weight excluding hydrogens is 286 g/mol. The summed E-state index contributed by atoms with van der Waals surface area (Å²) in [6.45, 7) is 11.4. The Morgan fingerprint density at radius 2 is 1.59 bits per heavy atom. The van der Waals surface area contributed by atoms with Crippen molar-refractivity contribution in [1.29, 1.82) is 0 Å². The zero-order chi connectivity index (χ0) is 13.7. The summed E-state index contributed by atoms with van der Waals surface area (Å²) in [5.74, 6) is 1.25. The summed E-state index contributed by atoms with van der Waals surface area (Å²) in [6.07, 6.45) is 0. The van der Waals surface area contributed by atoms with E-state index < -0.39 is 10.2 Å². The summed E-state index contributed by atoms with van der Waals surface area (Å²) in [5, 5.41) is 0. The van der Waals surface area contributed by atoms with Crippen LogP contribution in [0.3, 0.4) is 0 Å². The minimum absolute atomic E-state index is 0.447. The molecule has 0 N–H and O–H groups in total. The molecule has 0 unspecified atom stereocenters. The molecule has 1 rings (SSSR count). The molecule has 17 heavy (non-hydrogen) atoms. The first-order chi connectivity index (χ1) is 7.59. The van der Waals surface area contributed by atoms with Crippen molar-refractivity contribution in [2.75, 3.05) is 18.8 Å². The van der Waals surface area contributed by atoms with Crippen molar-refractivity contribution in [2.45, 2.75) is 32.4 Å². The number of hydrogen-bond donors (Lipinski definition) is 0. The van der Waals surface area contributed by atoms with Gasteiger partial charge >= 0.3 is 0 Å². The van der Waals surface area contributed by atoms with Crippen LogP contribution in [0, 0.1) is 10.2 Å². The number of nitrogens with zero attached hydrogens (tertiary/aromatic N) is 1. The van der Waals surface area contributed by atoms with Gasteiger partial charge in [0.25, 0.3) is 4.38 Å². The summed E-state index contributed by atoms with van der Waals surface area (Å²) in [4.78, 5) is 0. The zero-order valence-electron chi connectivity index (χ0n) is 10.4. The van der Waals surface area contributed by atoms with E-state index in [-0.39, 0.29) is 0 Å². The predicted octanol–water partition coefficient (Wildman–Crippen LogP) is -2.10. The van der Waals surface area contributed by atoms with Crippen LogP contribution < -0.4 is 18.6 Å². The highest BCUT2D eigenvalue weighted by molar-refractivity contribution is 8.41. The van der Waals surface area contributed by atoms with Crippen LogP contribution in [0.15, 0.2) is 0 Å². The molecule has 0 bridgehead atoms. The van der Waals surface area contributed by atoms with E-state index in [9.17, 15) is 0 Å². The zero-order valence-corrected chi connectivity index (χ0v) is 12.8. The lowest BCUT2D eigenvalue weighted by Gasteiger charge is -2.17. The lowest BCUT2D eigenvalue weighted by molar-refractivity contribution is -2.00. The Morgan fingerprint density at radius 1 is 1.18 bits per heavy atom. The van der Waals surface area contributed by atoms with Crippen molar-refractivity contribution < 1.29 is 33.5 Å². The smallest absolute Gasteiger partial charge is 0.222 e. The maximum atomic E-state index is 8.49. The van der Waals surface area contributed by atoms with Crippen LogP contribution in [0.2, 0.25) is 0 Å². The van der Waals surface area contributed by atoms with Crippen molar-refractivity contribution in [3.8, 4) is 0 Å². The monoisotopic (exact) mass is 303 g/mol. The fourth-order valence-electron chi connectivity index (χ4n) is 1.17. The fraction of sp³-hybridized carbons (Fsp3) is 0.889. The Labute approximate surface area is 113 Å². The van der Waals surface area contributed by atoms with Crippen LogP contribution in [0.1, 0.15) is 27.7 Å². The minimum atomic E-state index is -4.94. The van der Waals surface area contributed by atoms with Crippen LogP contribution in [0.5, 0.6) is 0 Å². The van der Waals surface area contributed by atoms with Gasteiger partial charge in [0.15, 0.2) is 0 Å². The molecule has 0 atom stereocenters. The van der Waals surface area contributed by atoms with Gasteiger partial charge in [0.1, 0.15) is 13.1 Å². The summed E-state index contributed by atoms with van der Waals surface area (Å²) in [6, 6.07) is 0. The summed E-state index contributed by atoms with van der Waals surface area (Å²) in [5.41, 5.74) is 0. The van der Waals surface area contributed by atoms with Crippen LogP contribution in [-0.4, -0.2) is 32.5 Å². The third kappa shape index (κ3) is 9.12. The highest BCUT2D eigenvalue weighted by Gasteiger charge is 2.34. The molecule has 0 saturated carbocycles. The van der Waals surface area contributed by atoms with Gasteiger partial charge in [-0.25, -0.2) is 23.2 Å². The van der Waals surface area contributed by atoms with Gasteiger partial charge in [-0.3, -0.25) is 0 Å². The summed E-state index contributed by atoms with van der Waals surface area (Å²) >= 11 is 4.04. The van der Waals surface area contributed by atoms with E-state index in [0.717, 1.165) is 13.1 Å². The third-order valence-corrected chi connectivity index (χ3v) is 5.22. The van der Waals surface area contributed by atoms with Crippen LogP contribution >= 0.6 is 23.5 Å². The maximum Gasteiger partial charge on any atom is 0.270 e. The lowest BCUT2D eigenvalue weighted by Crippen LogP contribution is -2.68. The van der Waals surface area contributed by atoms with E-state index >= 15 is 0 Å². The van der Waals surface area contributed by atoms with Gasteiger partial charge in [0, 0.05) is 10.5 Å². The largest absolute Gasteiger partial charge is 0.270 e. The number of hydrogen-bond acceptors (Lipinski definition) is 6. The molecule has 1 heterocycles. The molecular formula is C9H18ClNO4S2. The van der Waals surface area contributed by atoms with E-state index in [4.69, 9.17) is 18.6 Å². The van der Waals surface area contributed by atoms with Gasteiger partial charge in [0.2, 0.25) is 0 Å². The molecule has 1 aliphatic rings. The Bertz CT molecular complexity index is 267. The first-order valence-corrected chi connectivity index (χ1v) is 8.18. The van der Waals surface area contributed by atoms with Crippen molar-refractivity contribution in [3.63, 3.8) is 0 Å². The molecule has 0 aromatic rings. The predicted molar refractivity (Wildman–Crippen MR) is 60.5 cm³/mol. The second-order valence-corrected chi connectivity index (χ2v) is 7.64. The van der Waals surface area contributed by atoms with Gasteiger partial charge < -0.3 is 0 Å². The first-order valence-electron chi connectivity index (χ1n) is 5.14. The molecule has 5 nitrogen and oxygen atoms in total.